The van der Waals surface area contributed by atoms with Crippen LogP contribution in [0.2, 0.25) is 0 Å². The minimum atomic E-state index is -0.931. The van der Waals surface area contributed by atoms with Crippen LogP contribution in [0.15, 0.2) is 126 Å². The van der Waals surface area contributed by atoms with Crippen molar-refractivity contribution >= 4 is 34.6 Å². The Hall–Kier alpha value is -7.14. The van der Waals surface area contributed by atoms with E-state index in [1.807, 2.05) is 36.4 Å². The van der Waals surface area contributed by atoms with Crippen LogP contribution in [-0.4, -0.2) is 43.6 Å². The van der Waals surface area contributed by atoms with Gasteiger partial charge in [0.1, 0.15) is 5.75 Å². The Morgan fingerprint density at radius 2 is 1.25 bits per heavy atom. The summed E-state index contributed by atoms with van der Waals surface area (Å²) in [5, 5.41) is 8.27. The standard InChI is InChI=1S/C37H30N6O8/c1-22(2)34(44)49-31-12-10-26(11-13-31)27-6-7-29-19-30(9-8-28(29)18-27)37(47)48-16-15-25-5-14-32(50-35(45)23(3)20-40-42-38)33(17-25)51-36(46)24(4)21-41-43-39/h5-14,17-19H,1,3-4,15-16,20-21H2,2H3. The molecule has 0 unspecified atom stereocenters. The predicted molar refractivity (Wildman–Crippen MR) is 188 cm³/mol. The SMILES string of the molecule is C=C(C)C(=O)Oc1ccc(-c2ccc3cc(C(=O)OCCc4ccc(OC(=O)C(=C)CN=[N+]=[N-])c(OC(=O)C(=C)CN=[N+]=[N-])c4)ccc3c2)cc1. The van der Waals surface area contributed by atoms with E-state index in [0.717, 1.165) is 21.9 Å². The summed E-state index contributed by atoms with van der Waals surface area (Å²) in [6.45, 7) is 11.5. The lowest BCUT2D eigenvalue weighted by Gasteiger charge is -2.13. The Morgan fingerprint density at radius 3 is 1.88 bits per heavy atom. The lowest BCUT2D eigenvalue weighted by molar-refractivity contribution is -0.132. The van der Waals surface area contributed by atoms with E-state index in [9.17, 15) is 19.2 Å². The Labute approximate surface area is 291 Å². The normalized spacial score (nSPS) is 10.1. The maximum Gasteiger partial charge on any atom is 0.339 e. The molecule has 0 bridgehead atoms. The Morgan fingerprint density at radius 1 is 0.667 bits per heavy atom. The molecule has 0 aliphatic carbocycles. The number of benzene rings is 4. The number of esters is 4. The molecule has 0 saturated heterocycles. The number of hydrogen-bond donors (Lipinski definition) is 0. The first kappa shape index (κ1) is 36.7. The summed E-state index contributed by atoms with van der Waals surface area (Å²) in [7, 11) is 0. The highest BCUT2D eigenvalue weighted by molar-refractivity contribution is 5.97. The molecule has 0 saturated carbocycles. The molecule has 0 aromatic heterocycles. The number of rotatable bonds is 15. The van der Waals surface area contributed by atoms with Crippen molar-refractivity contribution in [2.45, 2.75) is 13.3 Å². The van der Waals surface area contributed by atoms with E-state index in [1.54, 1.807) is 37.3 Å². The summed E-state index contributed by atoms with van der Waals surface area (Å²) in [5.41, 5.74) is 19.8. The van der Waals surface area contributed by atoms with Gasteiger partial charge in [0, 0.05) is 33.0 Å². The number of hydrogen-bond acceptors (Lipinski definition) is 10. The van der Waals surface area contributed by atoms with Gasteiger partial charge in [0.25, 0.3) is 0 Å². The van der Waals surface area contributed by atoms with Crippen LogP contribution in [0.1, 0.15) is 22.8 Å². The third-order valence-electron chi connectivity index (χ3n) is 7.09. The van der Waals surface area contributed by atoms with Crippen LogP contribution in [0, 0.1) is 0 Å². The van der Waals surface area contributed by atoms with Gasteiger partial charge in [-0.25, -0.2) is 19.2 Å². The van der Waals surface area contributed by atoms with E-state index in [-0.39, 0.29) is 48.8 Å². The zero-order chi connectivity index (χ0) is 36.9. The highest BCUT2D eigenvalue weighted by Crippen LogP contribution is 2.31. The molecule has 0 atom stereocenters. The minimum Gasteiger partial charge on any atom is -0.462 e. The summed E-state index contributed by atoms with van der Waals surface area (Å²) >= 11 is 0. The van der Waals surface area contributed by atoms with Crippen molar-refractivity contribution in [1.82, 2.24) is 0 Å². The number of carbonyl (C=O) groups is 4. The number of ether oxygens (including phenoxy) is 4. The van der Waals surface area contributed by atoms with Gasteiger partial charge in [0.05, 0.1) is 25.3 Å². The molecule has 0 N–H and O–H groups in total. The highest BCUT2D eigenvalue weighted by atomic mass is 16.6. The third kappa shape index (κ3) is 10.2. The van der Waals surface area contributed by atoms with Crippen LogP contribution in [-0.2, 0) is 25.5 Å². The van der Waals surface area contributed by atoms with Gasteiger partial charge in [-0.2, -0.15) is 0 Å². The van der Waals surface area contributed by atoms with Gasteiger partial charge in [-0.3, -0.25) is 0 Å². The fraction of sp³-hybridized carbons (Fsp3) is 0.135. The van der Waals surface area contributed by atoms with E-state index >= 15 is 0 Å². The summed E-state index contributed by atoms with van der Waals surface area (Å²) in [5.74, 6) is -2.79. The molecule has 4 rings (SSSR count). The van der Waals surface area contributed by atoms with Crippen molar-refractivity contribution in [1.29, 1.82) is 0 Å². The van der Waals surface area contributed by atoms with Gasteiger partial charge in [-0.05, 0) is 87.9 Å². The number of azide groups is 2. The average molecular weight is 687 g/mol. The van der Waals surface area contributed by atoms with Gasteiger partial charge in [-0.1, -0.05) is 66.4 Å². The Balaban J connectivity index is 1.42. The second-order valence-corrected chi connectivity index (χ2v) is 10.9. The van der Waals surface area contributed by atoms with Gasteiger partial charge in [-0.15, -0.1) is 0 Å². The van der Waals surface area contributed by atoms with Crippen molar-refractivity contribution < 1.29 is 38.1 Å². The third-order valence-corrected chi connectivity index (χ3v) is 7.09. The fourth-order valence-electron chi connectivity index (χ4n) is 4.39. The molecule has 4 aromatic carbocycles. The lowest BCUT2D eigenvalue weighted by atomic mass is 10.00. The monoisotopic (exact) mass is 686 g/mol. The van der Waals surface area contributed by atoms with Crippen LogP contribution in [0.25, 0.3) is 42.8 Å². The molecule has 0 aliphatic rings. The smallest absolute Gasteiger partial charge is 0.339 e. The molecular formula is C37H30N6O8. The second-order valence-electron chi connectivity index (χ2n) is 10.9. The van der Waals surface area contributed by atoms with Crippen molar-refractivity contribution in [3.8, 4) is 28.4 Å². The maximum absolute atomic E-state index is 12.9. The molecule has 14 heteroatoms. The van der Waals surface area contributed by atoms with Gasteiger partial charge < -0.3 is 18.9 Å². The highest BCUT2D eigenvalue weighted by Gasteiger charge is 2.18. The summed E-state index contributed by atoms with van der Waals surface area (Å²) in [6.07, 6.45) is 0.204. The van der Waals surface area contributed by atoms with E-state index < -0.39 is 23.9 Å². The van der Waals surface area contributed by atoms with Crippen LogP contribution in [0.5, 0.6) is 17.2 Å². The molecular weight excluding hydrogens is 656 g/mol. The molecule has 51 heavy (non-hydrogen) atoms. The van der Waals surface area contributed by atoms with Crippen LogP contribution >= 0.6 is 0 Å². The molecule has 0 heterocycles. The van der Waals surface area contributed by atoms with E-state index in [4.69, 9.17) is 30.0 Å². The summed E-state index contributed by atoms with van der Waals surface area (Å²) in [6, 6.07) is 22.4. The average Bonchev–Trinajstić information content (AvgIpc) is 3.13. The molecule has 256 valence electrons. The van der Waals surface area contributed by atoms with E-state index in [0.29, 0.717) is 22.4 Å². The van der Waals surface area contributed by atoms with Crippen LogP contribution in [0.4, 0.5) is 0 Å². The second kappa shape index (κ2) is 17.3. The first-order chi connectivity index (χ1) is 24.5. The lowest BCUT2D eigenvalue weighted by Crippen LogP contribution is -2.16. The van der Waals surface area contributed by atoms with Crippen molar-refractivity contribution in [3.63, 3.8) is 0 Å². The van der Waals surface area contributed by atoms with Crippen LogP contribution < -0.4 is 14.2 Å². The number of nitrogens with zero attached hydrogens (tertiary/aromatic N) is 6. The van der Waals surface area contributed by atoms with Crippen LogP contribution in [0.3, 0.4) is 0 Å². The quantitative estimate of drug-likeness (QED) is 0.0299. The number of fused-ring (bicyclic) bond motifs is 1. The molecule has 0 spiro atoms. The summed E-state index contributed by atoms with van der Waals surface area (Å²) in [4.78, 5) is 54.8. The van der Waals surface area contributed by atoms with Gasteiger partial charge >= 0.3 is 23.9 Å². The first-order valence-corrected chi connectivity index (χ1v) is 15.1. The van der Waals surface area contributed by atoms with Crippen molar-refractivity contribution in [2.75, 3.05) is 19.7 Å². The predicted octanol–water partition coefficient (Wildman–Crippen LogP) is 7.93. The zero-order valence-electron chi connectivity index (χ0n) is 27.4. The molecule has 14 nitrogen and oxygen atoms in total. The maximum atomic E-state index is 12.9. The fourth-order valence-corrected chi connectivity index (χ4v) is 4.39. The van der Waals surface area contributed by atoms with Crippen molar-refractivity contribution in [2.24, 2.45) is 10.2 Å². The largest absolute Gasteiger partial charge is 0.462 e. The van der Waals surface area contributed by atoms with E-state index in [2.05, 4.69) is 39.8 Å². The Bertz CT molecular complexity index is 2160. The van der Waals surface area contributed by atoms with E-state index in [1.165, 1.54) is 12.1 Å². The molecule has 0 aliphatic heterocycles. The van der Waals surface area contributed by atoms with Gasteiger partial charge in [0.2, 0.25) is 0 Å². The van der Waals surface area contributed by atoms with Gasteiger partial charge in [0.15, 0.2) is 11.5 Å². The molecule has 0 radical (unpaired) electrons. The Kier molecular flexibility index (Phi) is 12.5. The number of carbonyl (C=O) groups excluding carboxylic acids is 4. The first-order valence-electron chi connectivity index (χ1n) is 15.1. The topological polar surface area (TPSA) is 203 Å². The molecule has 4 aromatic rings. The molecule has 0 fully saturated rings. The minimum absolute atomic E-state index is 0.0352. The molecule has 0 amide bonds. The zero-order valence-corrected chi connectivity index (χ0v) is 27.4. The summed E-state index contributed by atoms with van der Waals surface area (Å²) < 4.78 is 21.4. The van der Waals surface area contributed by atoms with Crippen molar-refractivity contribution in [3.05, 3.63) is 147 Å².